The highest BCUT2D eigenvalue weighted by Crippen LogP contribution is 2.29. The molecule has 1 aliphatic rings. The number of nitrogens with zero attached hydrogens (tertiary/aromatic N) is 1. The molecule has 1 aromatic rings. The molecule has 4 heteroatoms. The average molecular weight is 247 g/mol. The second-order valence-electron chi connectivity index (χ2n) is 5.29. The monoisotopic (exact) mass is 247 g/mol. The van der Waals surface area contributed by atoms with Gasteiger partial charge in [0.15, 0.2) is 0 Å². The molecule has 0 atom stereocenters. The third-order valence-electron chi connectivity index (χ3n) is 3.68. The highest BCUT2D eigenvalue weighted by Gasteiger charge is 2.31. The zero-order valence-corrected chi connectivity index (χ0v) is 10.9. The number of aryl methyl sites for hydroxylation is 1. The summed E-state index contributed by atoms with van der Waals surface area (Å²) in [7, 11) is 0. The van der Waals surface area contributed by atoms with Crippen LogP contribution in [0.5, 0.6) is 0 Å². The van der Waals surface area contributed by atoms with Crippen molar-refractivity contribution in [3.63, 3.8) is 0 Å². The number of carbonyl (C=O) groups is 1. The van der Waals surface area contributed by atoms with Crippen molar-refractivity contribution in [2.24, 2.45) is 5.73 Å². The minimum atomic E-state index is -0.275. The number of aromatic nitrogens is 1. The normalized spacial score (nSPS) is 17.7. The molecule has 0 radical (unpaired) electrons. The van der Waals surface area contributed by atoms with Gasteiger partial charge in [0.1, 0.15) is 0 Å². The molecule has 0 saturated heterocycles. The molecule has 0 spiro atoms. The second-order valence-corrected chi connectivity index (χ2v) is 5.29. The molecule has 0 unspecified atom stereocenters. The predicted molar refractivity (Wildman–Crippen MR) is 70.8 cm³/mol. The highest BCUT2D eigenvalue weighted by atomic mass is 16.1. The van der Waals surface area contributed by atoms with Gasteiger partial charge in [-0.2, -0.15) is 0 Å². The summed E-state index contributed by atoms with van der Waals surface area (Å²) >= 11 is 0. The number of amides is 1. The maximum absolute atomic E-state index is 11.9. The zero-order chi connectivity index (χ0) is 13.0. The summed E-state index contributed by atoms with van der Waals surface area (Å²) in [6.45, 7) is 2.48. The molecule has 1 heterocycles. The van der Waals surface area contributed by atoms with Crippen LogP contribution in [0.2, 0.25) is 0 Å². The Bertz CT molecular complexity index is 425. The van der Waals surface area contributed by atoms with E-state index in [0.717, 1.165) is 36.9 Å². The van der Waals surface area contributed by atoms with E-state index in [1.165, 1.54) is 0 Å². The lowest BCUT2D eigenvalue weighted by Gasteiger charge is -2.22. The number of pyridine rings is 1. The first-order valence-electron chi connectivity index (χ1n) is 6.55. The summed E-state index contributed by atoms with van der Waals surface area (Å²) in [5.41, 5.74) is 7.93. The van der Waals surface area contributed by atoms with Crippen LogP contribution in [0.15, 0.2) is 18.3 Å². The van der Waals surface area contributed by atoms with Crippen LogP contribution in [0, 0.1) is 6.92 Å². The van der Waals surface area contributed by atoms with Crippen molar-refractivity contribution >= 4 is 5.91 Å². The predicted octanol–water partition coefficient (Wildman–Crippen LogP) is 1.67. The van der Waals surface area contributed by atoms with E-state index in [1.807, 2.05) is 19.1 Å². The molecule has 18 heavy (non-hydrogen) atoms. The lowest BCUT2D eigenvalue weighted by atomic mass is 9.94. The summed E-state index contributed by atoms with van der Waals surface area (Å²) in [5.74, 6) is 0.0319. The largest absolute Gasteiger partial charge is 0.350 e. The Morgan fingerprint density at radius 2 is 2.22 bits per heavy atom. The third-order valence-corrected chi connectivity index (χ3v) is 3.68. The number of rotatable bonds is 4. The van der Waals surface area contributed by atoms with Gasteiger partial charge >= 0.3 is 0 Å². The average Bonchev–Trinajstić information content (AvgIpc) is 2.74. The van der Waals surface area contributed by atoms with E-state index in [2.05, 4.69) is 10.3 Å². The summed E-state index contributed by atoms with van der Waals surface area (Å²) < 4.78 is 0. The van der Waals surface area contributed by atoms with E-state index >= 15 is 0 Å². The van der Waals surface area contributed by atoms with Gasteiger partial charge in [-0.1, -0.05) is 18.9 Å². The van der Waals surface area contributed by atoms with Crippen molar-refractivity contribution in [2.75, 3.05) is 0 Å². The van der Waals surface area contributed by atoms with Crippen LogP contribution in [0.4, 0.5) is 0 Å². The molecule has 1 saturated carbocycles. The van der Waals surface area contributed by atoms with Crippen LogP contribution >= 0.6 is 0 Å². The Labute approximate surface area is 108 Å². The van der Waals surface area contributed by atoms with Gasteiger partial charge in [0.25, 0.3) is 0 Å². The first-order chi connectivity index (χ1) is 8.59. The summed E-state index contributed by atoms with van der Waals surface area (Å²) in [6, 6.07) is 3.89. The van der Waals surface area contributed by atoms with Crippen molar-refractivity contribution in [2.45, 2.75) is 51.1 Å². The lowest BCUT2D eigenvalue weighted by molar-refractivity contribution is -0.122. The lowest BCUT2D eigenvalue weighted by Crippen LogP contribution is -2.42. The smallest absolute Gasteiger partial charge is 0.222 e. The second kappa shape index (κ2) is 5.48. The van der Waals surface area contributed by atoms with E-state index < -0.39 is 0 Å². The van der Waals surface area contributed by atoms with Crippen LogP contribution in [0.3, 0.4) is 0 Å². The van der Waals surface area contributed by atoms with Crippen molar-refractivity contribution in [3.05, 3.63) is 29.6 Å². The Hall–Kier alpha value is -1.42. The molecular weight excluding hydrogens is 226 g/mol. The molecule has 4 nitrogen and oxygen atoms in total. The Balaban J connectivity index is 1.83. The fourth-order valence-electron chi connectivity index (χ4n) is 2.52. The van der Waals surface area contributed by atoms with Crippen molar-refractivity contribution in [1.82, 2.24) is 10.3 Å². The third kappa shape index (κ3) is 3.29. The van der Waals surface area contributed by atoms with Gasteiger partial charge in [-0.15, -0.1) is 0 Å². The first-order valence-corrected chi connectivity index (χ1v) is 6.55. The number of hydrogen-bond acceptors (Lipinski definition) is 3. The van der Waals surface area contributed by atoms with Crippen LogP contribution in [-0.2, 0) is 11.3 Å². The van der Waals surface area contributed by atoms with Gasteiger partial charge < -0.3 is 11.1 Å². The number of carbonyl (C=O) groups excluding carboxylic acids is 1. The van der Waals surface area contributed by atoms with Crippen LogP contribution < -0.4 is 11.1 Å². The van der Waals surface area contributed by atoms with Gasteiger partial charge in [0, 0.05) is 18.2 Å². The van der Waals surface area contributed by atoms with E-state index in [4.69, 9.17) is 5.73 Å². The number of nitrogens with one attached hydrogen (secondary N) is 1. The standard InChI is InChI=1S/C14H21N3O/c1-11-5-4-8-16-12(11)10-17-13(18)9-14(15)6-2-3-7-14/h4-5,8H,2-3,6-7,9-10,15H2,1H3,(H,17,18). The molecule has 1 fully saturated rings. The summed E-state index contributed by atoms with van der Waals surface area (Å²) in [6.07, 6.45) is 6.38. The van der Waals surface area contributed by atoms with Crippen molar-refractivity contribution in [3.8, 4) is 0 Å². The van der Waals surface area contributed by atoms with Crippen molar-refractivity contribution in [1.29, 1.82) is 0 Å². The van der Waals surface area contributed by atoms with Crippen LogP contribution in [-0.4, -0.2) is 16.4 Å². The zero-order valence-electron chi connectivity index (χ0n) is 10.9. The van der Waals surface area contributed by atoms with Crippen molar-refractivity contribution < 1.29 is 4.79 Å². The Morgan fingerprint density at radius 1 is 1.50 bits per heavy atom. The first kappa shape index (κ1) is 13.0. The minimum absolute atomic E-state index is 0.0319. The minimum Gasteiger partial charge on any atom is -0.350 e. The molecule has 1 amide bonds. The topological polar surface area (TPSA) is 68.0 Å². The highest BCUT2D eigenvalue weighted by molar-refractivity contribution is 5.77. The number of nitrogens with two attached hydrogens (primary N) is 1. The van der Waals surface area contributed by atoms with Gasteiger partial charge in [-0.3, -0.25) is 9.78 Å². The van der Waals surface area contributed by atoms with Crippen LogP contribution in [0.25, 0.3) is 0 Å². The Morgan fingerprint density at radius 3 is 2.89 bits per heavy atom. The fourth-order valence-corrected chi connectivity index (χ4v) is 2.52. The number of hydrogen-bond donors (Lipinski definition) is 2. The van der Waals surface area contributed by atoms with E-state index in [9.17, 15) is 4.79 Å². The summed E-state index contributed by atoms with van der Waals surface area (Å²) in [4.78, 5) is 16.1. The molecule has 1 aromatic heterocycles. The molecule has 1 aliphatic carbocycles. The Kier molecular flexibility index (Phi) is 3.97. The fraction of sp³-hybridized carbons (Fsp3) is 0.571. The van der Waals surface area contributed by atoms with Crippen LogP contribution in [0.1, 0.15) is 43.4 Å². The molecule has 0 aliphatic heterocycles. The quantitative estimate of drug-likeness (QED) is 0.850. The van der Waals surface area contributed by atoms with Gasteiger partial charge in [0.05, 0.1) is 12.2 Å². The molecule has 98 valence electrons. The maximum atomic E-state index is 11.9. The molecular formula is C14H21N3O. The SMILES string of the molecule is Cc1cccnc1CNC(=O)CC1(N)CCCC1. The summed E-state index contributed by atoms with van der Waals surface area (Å²) in [5, 5.41) is 2.91. The van der Waals surface area contributed by atoms with E-state index in [-0.39, 0.29) is 11.4 Å². The molecule has 3 N–H and O–H groups in total. The molecule has 0 bridgehead atoms. The molecule has 0 aromatic carbocycles. The van der Waals surface area contributed by atoms with E-state index in [1.54, 1.807) is 6.20 Å². The maximum Gasteiger partial charge on any atom is 0.222 e. The van der Waals surface area contributed by atoms with Gasteiger partial charge in [0.2, 0.25) is 5.91 Å². The van der Waals surface area contributed by atoms with Gasteiger partial charge in [-0.25, -0.2) is 0 Å². The molecule has 2 rings (SSSR count). The van der Waals surface area contributed by atoms with E-state index in [0.29, 0.717) is 13.0 Å². The van der Waals surface area contributed by atoms with Gasteiger partial charge in [-0.05, 0) is 31.4 Å².